The molecule has 1 amide bonds. The number of amides is 1. The van der Waals surface area contributed by atoms with E-state index in [0.29, 0.717) is 17.2 Å². The molecule has 7 nitrogen and oxygen atoms in total. The number of imidazole rings is 1. The van der Waals surface area contributed by atoms with Gasteiger partial charge in [-0.25, -0.2) is 28.1 Å². The first kappa shape index (κ1) is 20.9. The van der Waals surface area contributed by atoms with Crippen molar-refractivity contribution in [2.24, 2.45) is 5.92 Å². The molecular weight excluding hydrogens is 404 g/mol. The molecule has 0 spiro atoms. The number of ether oxygens (including phenoxy) is 1. The SMILES string of the molecule is C=Cc1cnc2nc([C@@H](NC(=O)OCc3ccccc3)C3CCC(F)(F)CC3)cn2n1. The maximum atomic E-state index is 13.7. The van der Waals surface area contributed by atoms with Crippen LogP contribution < -0.4 is 5.32 Å². The van der Waals surface area contributed by atoms with E-state index in [9.17, 15) is 13.6 Å². The predicted molar refractivity (Wildman–Crippen MR) is 110 cm³/mol. The van der Waals surface area contributed by atoms with Gasteiger partial charge in [0, 0.05) is 12.8 Å². The number of hydrogen-bond donors (Lipinski definition) is 1. The topological polar surface area (TPSA) is 81.4 Å². The number of halogens is 2. The molecule has 0 unspecified atom stereocenters. The van der Waals surface area contributed by atoms with E-state index < -0.39 is 18.1 Å². The van der Waals surface area contributed by atoms with Gasteiger partial charge in [-0.2, -0.15) is 5.10 Å². The van der Waals surface area contributed by atoms with E-state index in [1.807, 2.05) is 30.3 Å². The van der Waals surface area contributed by atoms with Crippen LogP contribution in [0.1, 0.15) is 48.7 Å². The molecule has 0 saturated heterocycles. The second-order valence-corrected chi connectivity index (χ2v) is 7.67. The van der Waals surface area contributed by atoms with Crippen LogP contribution in [0.3, 0.4) is 0 Å². The number of rotatable bonds is 6. The summed E-state index contributed by atoms with van der Waals surface area (Å²) in [6.07, 6.45) is 4.22. The van der Waals surface area contributed by atoms with Crippen LogP contribution in [0.5, 0.6) is 0 Å². The summed E-state index contributed by atoms with van der Waals surface area (Å²) in [6, 6.07) is 8.71. The van der Waals surface area contributed by atoms with Crippen molar-refractivity contribution in [3.05, 3.63) is 66.3 Å². The molecule has 3 aromatic rings. The maximum Gasteiger partial charge on any atom is 0.408 e. The zero-order valence-corrected chi connectivity index (χ0v) is 16.9. The van der Waals surface area contributed by atoms with Crippen molar-refractivity contribution in [2.45, 2.75) is 44.3 Å². The first-order chi connectivity index (χ1) is 14.9. The van der Waals surface area contributed by atoms with Gasteiger partial charge in [-0.3, -0.25) is 0 Å². The third-order valence-electron chi connectivity index (χ3n) is 5.47. The van der Waals surface area contributed by atoms with Crippen molar-refractivity contribution in [3.8, 4) is 0 Å². The van der Waals surface area contributed by atoms with E-state index in [0.717, 1.165) is 5.56 Å². The maximum absolute atomic E-state index is 13.7. The van der Waals surface area contributed by atoms with E-state index in [1.165, 1.54) is 10.7 Å². The van der Waals surface area contributed by atoms with E-state index in [4.69, 9.17) is 4.74 Å². The van der Waals surface area contributed by atoms with Crippen LogP contribution in [0.25, 0.3) is 11.9 Å². The number of hydrogen-bond acceptors (Lipinski definition) is 5. The molecule has 1 N–H and O–H groups in total. The van der Waals surface area contributed by atoms with Gasteiger partial charge < -0.3 is 10.1 Å². The summed E-state index contributed by atoms with van der Waals surface area (Å²) in [4.78, 5) is 21.2. The second kappa shape index (κ2) is 8.79. The molecule has 9 heteroatoms. The molecule has 1 aliphatic carbocycles. The summed E-state index contributed by atoms with van der Waals surface area (Å²) in [5, 5.41) is 7.16. The molecule has 1 fully saturated rings. The smallest absolute Gasteiger partial charge is 0.408 e. The molecule has 162 valence electrons. The van der Waals surface area contributed by atoms with Crippen molar-refractivity contribution in [1.82, 2.24) is 24.9 Å². The average Bonchev–Trinajstić information content (AvgIpc) is 3.20. The Balaban J connectivity index is 1.54. The molecule has 1 atom stereocenters. The molecule has 2 heterocycles. The zero-order chi connectivity index (χ0) is 21.8. The number of benzene rings is 1. The Morgan fingerprint density at radius 3 is 2.77 bits per heavy atom. The molecule has 0 aliphatic heterocycles. The third-order valence-corrected chi connectivity index (χ3v) is 5.47. The Morgan fingerprint density at radius 1 is 1.32 bits per heavy atom. The minimum absolute atomic E-state index is 0.110. The molecular formula is C22H23F2N5O2. The number of nitrogens with zero attached hydrogens (tertiary/aromatic N) is 4. The average molecular weight is 427 g/mol. The summed E-state index contributed by atoms with van der Waals surface area (Å²) in [7, 11) is 0. The van der Waals surface area contributed by atoms with Gasteiger partial charge in [0.15, 0.2) is 0 Å². The lowest BCUT2D eigenvalue weighted by molar-refractivity contribution is -0.0497. The van der Waals surface area contributed by atoms with Crippen molar-refractivity contribution >= 4 is 17.9 Å². The van der Waals surface area contributed by atoms with Gasteiger partial charge in [-0.15, -0.1) is 0 Å². The lowest BCUT2D eigenvalue weighted by Crippen LogP contribution is -2.37. The normalized spacial score (nSPS) is 17.2. The molecule has 31 heavy (non-hydrogen) atoms. The highest BCUT2D eigenvalue weighted by Gasteiger charge is 2.39. The quantitative estimate of drug-likeness (QED) is 0.624. The Bertz CT molecular complexity index is 1060. The van der Waals surface area contributed by atoms with Crippen LogP contribution in [-0.4, -0.2) is 31.6 Å². The Labute approximate surface area is 178 Å². The summed E-state index contributed by atoms with van der Waals surface area (Å²) >= 11 is 0. The van der Waals surface area contributed by atoms with Crippen molar-refractivity contribution in [2.75, 3.05) is 0 Å². The van der Waals surface area contributed by atoms with E-state index in [2.05, 4.69) is 27.0 Å². The van der Waals surface area contributed by atoms with Crippen LogP contribution in [0.15, 0.2) is 49.3 Å². The van der Waals surface area contributed by atoms with Crippen LogP contribution in [0, 0.1) is 5.92 Å². The number of fused-ring (bicyclic) bond motifs is 1. The first-order valence-corrected chi connectivity index (χ1v) is 10.1. The minimum atomic E-state index is -2.67. The van der Waals surface area contributed by atoms with Crippen LogP contribution in [0.4, 0.5) is 13.6 Å². The number of carbonyl (C=O) groups is 1. The molecule has 4 rings (SSSR count). The van der Waals surface area contributed by atoms with Gasteiger partial charge in [0.05, 0.1) is 24.1 Å². The Morgan fingerprint density at radius 2 is 2.06 bits per heavy atom. The monoisotopic (exact) mass is 427 g/mol. The fourth-order valence-electron chi connectivity index (χ4n) is 3.78. The van der Waals surface area contributed by atoms with Crippen molar-refractivity contribution < 1.29 is 18.3 Å². The molecule has 0 bridgehead atoms. The zero-order valence-electron chi connectivity index (χ0n) is 16.9. The molecule has 1 saturated carbocycles. The Kier molecular flexibility index (Phi) is 5.92. The number of alkyl carbamates (subject to hydrolysis) is 1. The predicted octanol–water partition coefficient (Wildman–Crippen LogP) is 4.56. The highest BCUT2D eigenvalue weighted by atomic mass is 19.3. The van der Waals surface area contributed by atoms with Crippen molar-refractivity contribution in [1.29, 1.82) is 0 Å². The fourth-order valence-corrected chi connectivity index (χ4v) is 3.78. The minimum Gasteiger partial charge on any atom is -0.445 e. The Hall–Kier alpha value is -3.36. The number of alkyl halides is 2. The molecule has 1 aliphatic rings. The van der Waals surface area contributed by atoms with Crippen LogP contribution in [0.2, 0.25) is 0 Å². The lowest BCUT2D eigenvalue weighted by Gasteiger charge is -2.33. The highest BCUT2D eigenvalue weighted by Crippen LogP contribution is 2.41. The summed E-state index contributed by atoms with van der Waals surface area (Å²) in [6.45, 7) is 3.78. The van der Waals surface area contributed by atoms with E-state index in [1.54, 1.807) is 12.3 Å². The summed E-state index contributed by atoms with van der Waals surface area (Å²) in [5.74, 6) is -2.52. The van der Waals surface area contributed by atoms with Crippen molar-refractivity contribution in [3.63, 3.8) is 0 Å². The molecule has 0 radical (unpaired) electrons. The van der Waals surface area contributed by atoms with Gasteiger partial charge in [0.1, 0.15) is 12.3 Å². The fraction of sp³-hybridized carbons (Fsp3) is 0.364. The van der Waals surface area contributed by atoms with Gasteiger partial charge in [0.25, 0.3) is 5.78 Å². The highest BCUT2D eigenvalue weighted by molar-refractivity contribution is 5.68. The van der Waals surface area contributed by atoms with Crippen LogP contribution >= 0.6 is 0 Å². The summed E-state index contributed by atoms with van der Waals surface area (Å²) < 4.78 is 34.2. The standard InChI is InChI=1S/C22H23F2N5O2/c1-2-17-12-25-20-26-18(13-29(20)28-17)19(16-8-10-22(23,24)11-9-16)27-21(30)31-14-15-6-4-3-5-7-15/h2-7,12-13,16,19H,1,8-11,14H2,(H,27,30)/t19-/m0/s1. The number of aromatic nitrogens is 4. The first-order valence-electron chi connectivity index (χ1n) is 10.1. The second-order valence-electron chi connectivity index (χ2n) is 7.67. The molecule has 2 aromatic heterocycles. The van der Waals surface area contributed by atoms with Gasteiger partial charge in [0.2, 0.25) is 5.92 Å². The lowest BCUT2D eigenvalue weighted by atomic mass is 9.81. The van der Waals surface area contributed by atoms with Crippen LogP contribution in [-0.2, 0) is 11.3 Å². The largest absolute Gasteiger partial charge is 0.445 e. The summed E-state index contributed by atoms with van der Waals surface area (Å²) in [5.41, 5.74) is 1.93. The van der Waals surface area contributed by atoms with Gasteiger partial charge >= 0.3 is 6.09 Å². The van der Waals surface area contributed by atoms with E-state index >= 15 is 0 Å². The van der Waals surface area contributed by atoms with E-state index in [-0.39, 0.29) is 38.2 Å². The third kappa shape index (κ3) is 5.04. The van der Waals surface area contributed by atoms with Gasteiger partial charge in [-0.1, -0.05) is 36.9 Å². The number of carbonyl (C=O) groups excluding carboxylic acids is 1. The molecule has 1 aromatic carbocycles. The van der Waals surface area contributed by atoms with Gasteiger partial charge in [-0.05, 0) is 30.4 Å². The number of nitrogens with one attached hydrogen (secondary N) is 1.